The summed E-state index contributed by atoms with van der Waals surface area (Å²) >= 11 is 6.64. The van der Waals surface area contributed by atoms with Crippen LogP contribution in [0.4, 0.5) is 10.1 Å². The molecule has 32 heavy (non-hydrogen) atoms. The fraction of sp³-hybridized carbons (Fsp3) is 0.240. The Balaban J connectivity index is 1.79. The molecule has 2 aromatic heterocycles. The zero-order valence-corrected chi connectivity index (χ0v) is 19.1. The van der Waals surface area contributed by atoms with Gasteiger partial charge in [-0.25, -0.2) is 14.4 Å². The quantitative estimate of drug-likeness (QED) is 0.379. The number of nitrogens with zero attached hydrogens (tertiary/aromatic N) is 3. The molecule has 2 aromatic carbocycles. The van der Waals surface area contributed by atoms with Crippen LogP contribution in [0.5, 0.6) is 0 Å². The standard InChI is InChI=1S/C25H24ClFN4O/c1-14(18-7-5-6-8-20(18)27)31-23-19-11-16(9-10-21(19)30-15(2)22(23)26)17-12-28-24(29-13-17)25(3,4)32/h5-14,32H,1-4H3,(H,30,31)/t14-/m1/s1. The van der Waals surface area contributed by atoms with E-state index in [-0.39, 0.29) is 11.9 Å². The number of pyridine rings is 1. The van der Waals surface area contributed by atoms with Gasteiger partial charge in [-0.3, -0.25) is 4.98 Å². The topological polar surface area (TPSA) is 70.9 Å². The molecule has 2 heterocycles. The van der Waals surface area contributed by atoms with Gasteiger partial charge in [-0.05, 0) is 51.5 Å². The van der Waals surface area contributed by atoms with Crippen LogP contribution in [0.25, 0.3) is 22.0 Å². The summed E-state index contributed by atoms with van der Waals surface area (Å²) in [5.41, 5.74) is 3.27. The van der Waals surface area contributed by atoms with Gasteiger partial charge in [-0.1, -0.05) is 35.9 Å². The molecule has 1 atom stereocenters. The van der Waals surface area contributed by atoms with Crippen LogP contribution in [0.2, 0.25) is 5.02 Å². The molecule has 0 amide bonds. The third-order valence-electron chi connectivity index (χ3n) is 5.36. The second kappa shape index (κ2) is 8.45. The Morgan fingerprint density at radius 3 is 2.41 bits per heavy atom. The lowest BCUT2D eigenvalue weighted by Gasteiger charge is -2.20. The molecule has 0 saturated carbocycles. The SMILES string of the molecule is Cc1nc2ccc(-c3cnc(C(C)(C)O)nc3)cc2c(N[C@H](C)c2ccccc2F)c1Cl. The summed E-state index contributed by atoms with van der Waals surface area (Å²) < 4.78 is 14.3. The van der Waals surface area contributed by atoms with Crippen LogP contribution in [0, 0.1) is 12.7 Å². The van der Waals surface area contributed by atoms with E-state index >= 15 is 0 Å². The Morgan fingerprint density at radius 2 is 1.75 bits per heavy atom. The zero-order valence-electron chi connectivity index (χ0n) is 18.3. The molecule has 0 aliphatic carbocycles. The van der Waals surface area contributed by atoms with E-state index < -0.39 is 5.60 Å². The number of nitrogens with one attached hydrogen (secondary N) is 1. The zero-order chi connectivity index (χ0) is 23.0. The van der Waals surface area contributed by atoms with Crippen LogP contribution in [0.15, 0.2) is 54.9 Å². The summed E-state index contributed by atoms with van der Waals surface area (Å²) in [6.07, 6.45) is 3.36. The Hall–Kier alpha value is -3.09. The van der Waals surface area contributed by atoms with Gasteiger partial charge in [0.1, 0.15) is 11.4 Å². The van der Waals surface area contributed by atoms with Gasteiger partial charge in [0.15, 0.2) is 5.82 Å². The van der Waals surface area contributed by atoms with Crippen molar-refractivity contribution >= 4 is 28.2 Å². The minimum Gasteiger partial charge on any atom is -0.382 e. The van der Waals surface area contributed by atoms with E-state index in [0.717, 1.165) is 22.0 Å². The lowest BCUT2D eigenvalue weighted by Crippen LogP contribution is -2.19. The number of hydrogen-bond acceptors (Lipinski definition) is 5. The number of halogens is 2. The molecule has 0 saturated heterocycles. The predicted octanol–water partition coefficient (Wildman–Crippen LogP) is 6.19. The molecule has 0 spiro atoms. The predicted molar refractivity (Wildman–Crippen MR) is 126 cm³/mol. The molecular weight excluding hydrogens is 427 g/mol. The minimum absolute atomic E-state index is 0.275. The lowest BCUT2D eigenvalue weighted by molar-refractivity contribution is 0.0687. The van der Waals surface area contributed by atoms with E-state index in [0.29, 0.717) is 27.8 Å². The first-order valence-corrected chi connectivity index (χ1v) is 10.7. The number of aliphatic hydroxyl groups is 1. The molecule has 4 rings (SSSR count). The van der Waals surface area contributed by atoms with E-state index in [2.05, 4.69) is 20.3 Å². The molecule has 7 heteroatoms. The number of fused-ring (bicyclic) bond motifs is 1. The molecule has 0 unspecified atom stereocenters. The van der Waals surface area contributed by atoms with Crippen LogP contribution >= 0.6 is 11.6 Å². The minimum atomic E-state index is -1.11. The molecule has 0 aliphatic rings. The summed E-state index contributed by atoms with van der Waals surface area (Å²) in [5.74, 6) is 0.0758. The second-order valence-electron chi connectivity index (χ2n) is 8.36. The van der Waals surface area contributed by atoms with Crippen LogP contribution in [0.1, 0.15) is 43.9 Å². The van der Waals surface area contributed by atoms with Crippen molar-refractivity contribution in [3.63, 3.8) is 0 Å². The van der Waals surface area contributed by atoms with Crippen molar-refractivity contribution in [3.05, 3.63) is 82.8 Å². The highest BCUT2D eigenvalue weighted by Crippen LogP contribution is 2.37. The molecule has 164 valence electrons. The maximum Gasteiger partial charge on any atom is 0.159 e. The summed E-state index contributed by atoms with van der Waals surface area (Å²) in [7, 11) is 0. The van der Waals surface area contributed by atoms with Gasteiger partial charge in [-0.2, -0.15) is 0 Å². The number of benzene rings is 2. The maximum atomic E-state index is 14.3. The van der Waals surface area contributed by atoms with Gasteiger partial charge in [-0.15, -0.1) is 0 Å². The number of aryl methyl sites for hydroxylation is 1. The van der Waals surface area contributed by atoms with E-state index in [4.69, 9.17) is 11.6 Å². The monoisotopic (exact) mass is 450 g/mol. The van der Waals surface area contributed by atoms with Gasteiger partial charge in [0.25, 0.3) is 0 Å². The number of anilines is 1. The Bertz CT molecular complexity index is 1290. The summed E-state index contributed by atoms with van der Waals surface area (Å²) in [6.45, 7) is 7.02. The summed E-state index contributed by atoms with van der Waals surface area (Å²) in [5, 5.41) is 14.8. The summed E-state index contributed by atoms with van der Waals surface area (Å²) in [4.78, 5) is 13.2. The fourth-order valence-electron chi connectivity index (χ4n) is 3.60. The molecule has 0 bridgehead atoms. The normalized spacial score (nSPS) is 12.7. The van der Waals surface area contributed by atoms with Gasteiger partial charge in [0, 0.05) is 28.9 Å². The van der Waals surface area contributed by atoms with Gasteiger partial charge >= 0.3 is 0 Å². The van der Waals surface area contributed by atoms with E-state index in [1.54, 1.807) is 38.4 Å². The molecular formula is C25H24ClFN4O. The van der Waals surface area contributed by atoms with Crippen molar-refractivity contribution in [3.8, 4) is 11.1 Å². The molecule has 2 N–H and O–H groups in total. The average molecular weight is 451 g/mol. The van der Waals surface area contributed by atoms with Gasteiger partial charge < -0.3 is 10.4 Å². The molecule has 4 aromatic rings. The van der Waals surface area contributed by atoms with E-state index in [9.17, 15) is 9.50 Å². The largest absolute Gasteiger partial charge is 0.382 e. The first-order valence-electron chi connectivity index (χ1n) is 10.3. The number of aromatic nitrogens is 3. The maximum absolute atomic E-state index is 14.3. The van der Waals surface area contributed by atoms with Crippen LogP contribution in [-0.2, 0) is 5.60 Å². The smallest absolute Gasteiger partial charge is 0.159 e. The molecule has 0 fully saturated rings. The Kier molecular flexibility index (Phi) is 5.84. The van der Waals surface area contributed by atoms with Gasteiger partial charge in [0.05, 0.1) is 28.0 Å². The van der Waals surface area contributed by atoms with E-state index in [1.807, 2.05) is 38.1 Å². The van der Waals surface area contributed by atoms with Crippen molar-refractivity contribution < 1.29 is 9.50 Å². The highest BCUT2D eigenvalue weighted by Gasteiger charge is 2.20. The molecule has 5 nitrogen and oxygen atoms in total. The van der Waals surface area contributed by atoms with Crippen LogP contribution in [-0.4, -0.2) is 20.1 Å². The van der Waals surface area contributed by atoms with Gasteiger partial charge in [0.2, 0.25) is 0 Å². The third kappa shape index (κ3) is 4.29. The van der Waals surface area contributed by atoms with Crippen LogP contribution in [0.3, 0.4) is 0 Å². The highest BCUT2D eigenvalue weighted by molar-refractivity contribution is 6.35. The number of rotatable bonds is 5. The van der Waals surface area contributed by atoms with Crippen molar-refractivity contribution in [1.29, 1.82) is 0 Å². The Morgan fingerprint density at radius 1 is 1.06 bits per heavy atom. The number of hydrogen-bond donors (Lipinski definition) is 2. The summed E-state index contributed by atoms with van der Waals surface area (Å²) in [6, 6.07) is 12.2. The van der Waals surface area contributed by atoms with Crippen molar-refractivity contribution in [2.45, 2.75) is 39.3 Å². The molecule has 0 aliphatic heterocycles. The second-order valence-corrected chi connectivity index (χ2v) is 8.74. The van der Waals surface area contributed by atoms with Crippen molar-refractivity contribution in [2.24, 2.45) is 0 Å². The highest BCUT2D eigenvalue weighted by atomic mass is 35.5. The molecule has 0 radical (unpaired) electrons. The van der Waals surface area contributed by atoms with Crippen molar-refractivity contribution in [1.82, 2.24) is 15.0 Å². The first-order chi connectivity index (χ1) is 15.1. The lowest BCUT2D eigenvalue weighted by atomic mass is 10.0. The third-order valence-corrected chi connectivity index (χ3v) is 5.82. The van der Waals surface area contributed by atoms with E-state index in [1.165, 1.54) is 6.07 Å². The van der Waals surface area contributed by atoms with Crippen LogP contribution < -0.4 is 5.32 Å². The Labute approximate surface area is 191 Å². The van der Waals surface area contributed by atoms with Crippen molar-refractivity contribution in [2.75, 3.05) is 5.32 Å². The average Bonchev–Trinajstić information content (AvgIpc) is 2.76. The first kappa shape index (κ1) is 22.1. The fourth-order valence-corrected chi connectivity index (χ4v) is 3.80.